The van der Waals surface area contributed by atoms with E-state index >= 15 is 0 Å². The van der Waals surface area contributed by atoms with Gasteiger partial charge in [0.25, 0.3) is 0 Å². The fourth-order valence-corrected chi connectivity index (χ4v) is 4.05. The summed E-state index contributed by atoms with van der Waals surface area (Å²) >= 11 is 11.9. The van der Waals surface area contributed by atoms with E-state index in [9.17, 15) is 13.2 Å². The molecule has 0 spiro atoms. The van der Waals surface area contributed by atoms with E-state index in [1.54, 1.807) is 37.3 Å². The van der Waals surface area contributed by atoms with Crippen LogP contribution in [0.5, 0.6) is 0 Å². The first-order valence-corrected chi connectivity index (χ1v) is 10.2. The second kappa shape index (κ2) is 8.86. The van der Waals surface area contributed by atoms with Crippen molar-refractivity contribution in [2.45, 2.75) is 25.3 Å². The number of aryl methyl sites for hydroxylation is 1. The predicted molar refractivity (Wildman–Crippen MR) is 104 cm³/mol. The number of hydrogen-bond acceptors (Lipinski definition) is 3. The van der Waals surface area contributed by atoms with Gasteiger partial charge in [0.05, 0.1) is 21.5 Å². The van der Waals surface area contributed by atoms with E-state index in [1.165, 1.54) is 12.1 Å². The van der Waals surface area contributed by atoms with Crippen LogP contribution in [-0.4, -0.2) is 31.7 Å². The summed E-state index contributed by atoms with van der Waals surface area (Å²) in [5.74, 6) is -0.372. The number of rotatable bonds is 7. The molecule has 0 aliphatic carbocycles. The Hall–Kier alpha value is -1.60. The molecule has 0 saturated carbocycles. The van der Waals surface area contributed by atoms with Crippen LogP contribution in [0.15, 0.2) is 47.4 Å². The zero-order valence-corrected chi connectivity index (χ0v) is 16.8. The Labute approximate surface area is 164 Å². The Balaban J connectivity index is 2.37. The van der Waals surface area contributed by atoms with E-state index in [0.717, 1.165) is 9.87 Å². The highest BCUT2D eigenvalue weighted by atomic mass is 35.5. The predicted octanol–water partition coefficient (Wildman–Crippen LogP) is 3.63. The Morgan fingerprint density at radius 1 is 1.08 bits per heavy atom. The van der Waals surface area contributed by atoms with Crippen molar-refractivity contribution < 1.29 is 13.2 Å². The van der Waals surface area contributed by atoms with Crippen LogP contribution in [0, 0.1) is 6.92 Å². The Morgan fingerprint density at radius 2 is 1.73 bits per heavy atom. The molecule has 0 aromatic heterocycles. The van der Waals surface area contributed by atoms with E-state index in [4.69, 9.17) is 23.2 Å². The van der Waals surface area contributed by atoms with Crippen molar-refractivity contribution in [1.29, 1.82) is 0 Å². The highest BCUT2D eigenvalue weighted by Gasteiger charge is 2.27. The third-order valence-corrected chi connectivity index (χ3v) is 6.24. The van der Waals surface area contributed by atoms with Gasteiger partial charge in [-0.3, -0.25) is 4.79 Å². The van der Waals surface area contributed by atoms with Crippen molar-refractivity contribution in [2.75, 3.05) is 13.1 Å². The smallest absolute Gasteiger partial charge is 0.243 e. The summed E-state index contributed by atoms with van der Waals surface area (Å²) in [6, 6.07) is 11.4. The zero-order valence-electron chi connectivity index (χ0n) is 14.5. The molecule has 1 N–H and O–H groups in total. The molecule has 0 aliphatic heterocycles. The lowest BCUT2D eigenvalue weighted by atomic mass is 10.2. The van der Waals surface area contributed by atoms with Gasteiger partial charge in [-0.15, -0.1) is 0 Å². The topological polar surface area (TPSA) is 66.5 Å². The average molecular weight is 415 g/mol. The second-order valence-electron chi connectivity index (χ2n) is 5.79. The standard InChI is InChI=1S/C18H20Cl2N2O3S/c1-3-21-18(23)12-22(11-14-6-9-16(19)17(20)10-14)26(24,25)15-7-4-13(2)5-8-15/h4-10H,3,11-12H2,1-2H3,(H,21,23). The number of sulfonamides is 1. The second-order valence-corrected chi connectivity index (χ2v) is 8.54. The van der Waals surface area contributed by atoms with Crippen molar-refractivity contribution >= 4 is 39.1 Å². The van der Waals surface area contributed by atoms with Gasteiger partial charge < -0.3 is 5.32 Å². The maximum Gasteiger partial charge on any atom is 0.243 e. The van der Waals surface area contributed by atoms with Gasteiger partial charge in [-0.25, -0.2) is 8.42 Å². The van der Waals surface area contributed by atoms with Crippen molar-refractivity contribution in [3.05, 3.63) is 63.6 Å². The van der Waals surface area contributed by atoms with Gasteiger partial charge in [0, 0.05) is 13.1 Å². The monoisotopic (exact) mass is 414 g/mol. The van der Waals surface area contributed by atoms with E-state index in [1.807, 2.05) is 6.92 Å². The molecule has 0 heterocycles. The molecule has 0 unspecified atom stereocenters. The van der Waals surface area contributed by atoms with Crippen LogP contribution in [0.2, 0.25) is 10.0 Å². The normalized spacial score (nSPS) is 11.6. The van der Waals surface area contributed by atoms with E-state index < -0.39 is 10.0 Å². The first-order chi connectivity index (χ1) is 12.2. The van der Waals surface area contributed by atoms with Crippen LogP contribution >= 0.6 is 23.2 Å². The van der Waals surface area contributed by atoms with Crippen LogP contribution in [0.25, 0.3) is 0 Å². The molecule has 0 atom stereocenters. The van der Waals surface area contributed by atoms with Crippen molar-refractivity contribution in [2.24, 2.45) is 0 Å². The van der Waals surface area contributed by atoms with Gasteiger partial charge in [-0.2, -0.15) is 4.31 Å². The van der Waals surface area contributed by atoms with Gasteiger partial charge in [0.1, 0.15) is 0 Å². The van der Waals surface area contributed by atoms with Crippen LogP contribution in [0.3, 0.4) is 0 Å². The maximum absolute atomic E-state index is 13.0. The fraction of sp³-hybridized carbons (Fsp3) is 0.278. The third-order valence-electron chi connectivity index (χ3n) is 3.70. The molecular formula is C18H20Cl2N2O3S. The molecule has 5 nitrogen and oxygen atoms in total. The van der Waals surface area contributed by atoms with E-state index in [0.29, 0.717) is 22.2 Å². The Bertz CT molecular complexity index is 884. The number of hydrogen-bond donors (Lipinski definition) is 1. The summed E-state index contributed by atoms with van der Waals surface area (Å²) in [4.78, 5) is 12.2. The number of carbonyl (C=O) groups excluding carboxylic acids is 1. The highest BCUT2D eigenvalue weighted by Crippen LogP contribution is 2.25. The van der Waals surface area contributed by atoms with E-state index in [-0.39, 0.29) is 23.9 Å². The van der Waals surface area contributed by atoms with Gasteiger partial charge >= 0.3 is 0 Å². The summed E-state index contributed by atoms with van der Waals surface area (Å²) in [7, 11) is -3.86. The SMILES string of the molecule is CCNC(=O)CN(Cc1ccc(Cl)c(Cl)c1)S(=O)(=O)c1ccc(C)cc1. The number of halogens is 2. The fourth-order valence-electron chi connectivity index (χ4n) is 2.34. The van der Waals surface area contributed by atoms with Crippen molar-refractivity contribution in [1.82, 2.24) is 9.62 Å². The molecule has 0 aliphatic rings. The number of nitrogens with one attached hydrogen (secondary N) is 1. The molecule has 0 radical (unpaired) electrons. The molecule has 26 heavy (non-hydrogen) atoms. The van der Waals surface area contributed by atoms with Gasteiger partial charge in [-0.1, -0.05) is 47.0 Å². The number of amides is 1. The van der Waals surface area contributed by atoms with E-state index in [2.05, 4.69) is 5.32 Å². The number of carbonyl (C=O) groups is 1. The first-order valence-electron chi connectivity index (χ1n) is 8.01. The molecule has 140 valence electrons. The lowest BCUT2D eigenvalue weighted by molar-refractivity contribution is -0.121. The highest BCUT2D eigenvalue weighted by molar-refractivity contribution is 7.89. The average Bonchev–Trinajstić information content (AvgIpc) is 2.58. The largest absolute Gasteiger partial charge is 0.355 e. The summed E-state index contributed by atoms with van der Waals surface area (Å²) in [6.07, 6.45) is 0. The summed E-state index contributed by atoms with van der Waals surface area (Å²) < 4.78 is 27.2. The Kier molecular flexibility index (Phi) is 7.06. The van der Waals surface area contributed by atoms with Crippen molar-refractivity contribution in [3.63, 3.8) is 0 Å². The minimum atomic E-state index is -3.86. The summed E-state index contributed by atoms with van der Waals surface area (Å²) in [5.41, 5.74) is 1.59. The van der Waals surface area contributed by atoms with Gasteiger partial charge in [0.15, 0.2) is 0 Å². The first kappa shape index (κ1) is 20.7. The van der Waals surface area contributed by atoms with Crippen LogP contribution < -0.4 is 5.32 Å². The minimum absolute atomic E-state index is 0.00420. The lowest BCUT2D eigenvalue weighted by Crippen LogP contribution is -2.40. The zero-order chi connectivity index (χ0) is 19.3. The molecule has 2 aromatic carbocycles. The van der Waals surface area contributed by atoms with Gasteiger partial charge in [0.2, 0.25) is 15.9 Å². The molecule has 0 fully saturated rings. The third kappa shape index (κ3) is 5.20. The van der Waals surface area contributed by atoms with Crippen LogP contribution in [0.1, 0.15) is 18.1 Å². The molecule has 0 saturated heterocycles. The number of benzene rings is 2. The molecule has 8 heteroatoms. The van der Waals surface area contributed by atoms with Gasteiger partial charge in [-0.05, 0) is 43.7 Å². The minimum Gasteiger partial charge on any atom is -0.355 e. The molecule has 1 amide bonds. The summed E-state index contributed by atoms with van der Waals surface area (Å²) in [5, 5.41) is 3.33. The maximum atomic E-state index is 13.0. The van der Waals surface area contributed by atoms with Crippen molar-refractivity contribution in [3.8, 4) is 0 Å². The molecule has 2 aromatic rings. The number of nitrogens with zero attached hydrogens (tertiary/aromatic N) is 1. The quantitative estimate of drug-likeness (QED) is 0.751. The van der Waals surface area contributed by atoms with Crippen LogP contribution in [0.4, 0.5) is 0 Å². The summed E-state index contributed by atoms with van der Waals surface area (Å²) in [6.45, 7) is 3.78. The molecule has 0 bridgehead atoms. The van der Waals surface area contributed by atoms with Crippen LogP contribution in [-0.2, 0) is 21.4 Å². The Morgan fingerprint density at radius 3 is 2.31 bits per heavy atom. The molecular weight excluding hydrogens is 395 g/mol. The number of likely N-dealkylation sites (N-methyl/N-ethyl adjacent to an activating group) is 1. The molecule has 2 rings (SSSR count). The lowest BCUT2D eigenvalue weighted by Gasteiger charge is -2.22.